The molecule has 0 fully saturated rings. The highest BCUT2D eigenvalue weighted by molar-refractivity contribution is 6.35. The van der Waals surface area contributed by atoms with Crippen LogP contribution in [0.3, 0.4) is 0 Å². The predicted octanol–water partition coefficient (Wildman–Crippen LogP) is 4.77. The smallest absolute Gasteiger partial charge is 0.258 e. The van der Waals surface area contributed by atoms with Gasteiger partial charge in [-0.3, -0.25) is 4.79 Å². The van der Waals surface area contributed by atoms with Crippen molar-refractivity contribution >= 4 is 23.2 Å². The molecule has 3 nitrogen and oxygen atoms in total. The minimum absolute atomic E-state index is 0.0380. The molecular formula is C21H23NO2. The highest BCUT2D eigenvalue weighted by atomic mass is 16.5. The van der Waals surface area contributed by atoms with Crippen LogP contribution in [0.25, 0.3) is 11.6 Å². The van der Waals surface area contributed by atoms with Crippen LogP contribution in [0.1, 0.15) is 37.3 Å². The molecule has 1 amide bonds. The first-order valence-electron chi connectivity index (χ1n) is 8.52. The van der Waals surface area contributed by atoms with Gasteiger partial charge in [0.1, 0.15) is 5.75 Å². The van der Waals surface area contributed by atoms with Gasteiger partial charge >= 0.3 is 0 Å². The number of rotatable bonds is 6. The Balaban J connectivity index is 1.76. The molecule has 1 aliphatic heterocycles. The van der Waals surface area contributed by atoms with Gasteiger partial charge in [-0.25, -0.2) is 0 Å². The van der Waals surface area contributed by atoms with Crippen molar-refractivity contribution in [2.24, 2.45) is 0 Å². The Bertz CT molecular complexity index is 747. The van der Waals surface area contributed by atoms with E-state index in [1.165, 1.54) is 12.8 Å². The highest BCUT2D eigenvalue weighted by Gasteiger charge is 2.28. The third-order valence-electron chi connectivity index (χ3n) is 4.30. The van der Waals surface area contributed by atoms with E-state index < -0.39 is 0 Å². The summed E-state index contributed by atoms with van der Waals surface area (Å²) in [5.74, 6) is 0.916. The molecule has 0 atom stereocenters. The minimum atomic E-state index is 0.0380. The Morgan fingerprint density at radius 1 is 1.04 bits per heavy atom. The largest absolute Gasteiger partial charge is 0.494 e. The third-order valence-corrected chi connectivity index (χ3v) is 4.30. The van der Waals surface area contributed by atoms with Crippen molar-refractivity contribution in [3.8, 4) is 5.75 Å². The Morgan fingerprint density at radius 3 is 2.54 bits per heavy atom. The summed E-state index contributed by atoms with van der Waals surface area (Å²) >= 11 is 0. The van der Waals surface area contributed by atoms with Crippen molar-refractivity contribution in [3.63, 3.8) is 0 Å². The zero-order valence-electron chi connectivity index (χ0n) is 14.3. The number of benzene rings is 2. The molecule has 0 aromatic heterocycles. The van der Waals surface area contributed by atoms with Crippen molar-refractivity contribution in [3.05, 3.63) is 59.7 Å². The van der Waals surface area contributed by atoms with Gasteiger partial charge in [0.2, 0.25) is 0 Å². The van der Waals surface area contributed by atoms with Crippen LogP contribution < -0.4 is 9.64 Å². The van der Waals surface area contributed by atoms with Gasteiger partial charge in [0.15, 0.2) is 0 Å². The van der Waals surface area contributed by atoms with E-state index in [0.29, 0.717) is 0 Å². The zero-order chi connectivity index (χ0) is 16.9. The molecule has 1 aliphatic rings. The second-order valence-electron chi connectivity index (χ2n) is 6.06. The van der Waals surface area contributed by atoms with Gasteiger partial charge in [-0.15, -0.1) is 0 Å². The fourth-order valence-corrected chi connectivity index (χ4v) is 2.91. The monoisotopic (exact) mass is 321 g/mol. The average molecular weight is 321 g/mol. The van der Waals surface area contributed by atoms with Crippen molar-refractivity contribution in [1.29, 1.82) is 0 Å². The fourth-order valence-electron chi connectivity index (χ4n) is 2.91. The van der Waals surface area contributed by atoms with Crippen LogP contribution in [0, 0.1) is 0 Å². The summed E-state index contributed by atoms with van der Waals surface area (Å²) in [6, 6.07) is 15.8. The molecule has 0 aliphatic carbocycles. The van der Waals surface area contributed by atoms with Crippen LogP contribution in [0.2, 0.25) is 0 Å². The van der Waals surface area contributed by atoms with E-state index in [0.717, 1.165) is 41.2 Å². The fraction of sp³-hybridized carbons (Fsp3) is 0.286. The molecule has 0 saturated carbocycles. The van der Waals surface area contributed by atoms with E-state index in [9.17, 15) is 4.79 Å². The highest BCUT2D eigenvalue weighted by Crippen LogP contribution is 2.36. The number of amides is 1. The number of ether oxygens (including phenoxy) is 1. The molecule has 0 spiro atoms. The van der Waals surface area contributed by atoms with E-state index in [1.807, 2.05) is 61.7 Å². The number of likely N-dealkylation sites (N-methyl/N-ethyl adjacent to an activating group) is 1. The van der Waals surface area contributed by atoms with Crippen LogP contribution in [0.15, 0.2) is 48.5 Å². The standard InChI is InChI=1S/C21H23NO2/c1-3-4-7-14-24-17-12-10-16(11-13-17)15-19-18-8-5-6-9-20(18)22(2)21(19)23/h5-6,8-13,15H,3-4,7,14H2,1-2H3/b19-15+. The van der Waals surface area contributed by atoms with Crippen molar-refractivity contribution in [2.75, 3.05) is 18.6 Å². The topological polar surface area (TPSA) is 29.5 Å². The van der Waals surface area contributed by atoms with Crippen LogP contribution in [-0.2, 0) is 4.79 Å². The van der Waals surface area contributed by atoms with E-state index in [4.69, 9.17) is 4.74 Å². The van der Waals surface area contributed by atoms with Crippen molar-refractivity contribution in [1.82, 2.24) is 0 Å². The van der Waals surface area contributed by atoms with Gasteiger partial charge < -0.3 is 9.64 Å². The predicted molar refractivity (Wildman–Crippen MR) is 99.2 cm³/mol. The Labute approximate surface area is 143 Å². The zero-order valence-corrected chi connectivity index (χ0v) is 14.3. The summed E-state index contributed by atoms with van der Waals surface area (Å²) in [5, 5.41) is 0. The van der Waals surface area contributed by atoms with Gasteiger partial charge in [-0.1, -0.05) is 50.1 Å². The summed E-state index contributed by atoms with van der Waals surface area (Å²) in [6.45, 7) is 2.94. The first kappa shape index (κ1) is 16.3. The summed E-state index contributed by atoms with van der Waals surface area (Å²) in [7, 11) is 1.81. The van der Waals surface area contributed by atoms with E-state index >= 15 is 0 Å². The van der Waals surface area contributed by atoms with E-state index in [1.54, 1.807) is 4.90 Å². The Kier molecular flexibility index (Phi) is 4.99. The summed E-state index contributed by atoms with van der Waals surface area (Å²) in [6.07, 6.45) is 5.42. The van der Waals surface area contributed by atoms with Crippen LogP contribution in [0.4, 0.5) is 5.69 Å². The quantitative estimate of drug-likeness (QED) is 0.566. The Morgan fingerprint density at radius 2 is 1.79 bits per heavy atom. The first-order valence-corrected chi connectivity index (χ1v) is 8.52. The molecule has 0 radical (unpaired) electrons. The molecule has 24 heavy (non-hydrogen) atoms. The molecule has 124 valence electrons. The second-order valence-corrected chi connectivity index (χ2v) is 6.06. The van der Waals surface area contributed by atoms with E-state index in [2.05, 4.69) is 6.92 Å². The van der Waals surface area contributed by atoms with Gasteiger partial charge in [0.25, 0.3) is 5.91 Å². The van der Waals surface area contributed by atoms with Gasteiger partial charge in [-0.05, 0) is 36.3 Å². The number of para-hydroxylation sites is 1. The lowest BCUT2D eigenvalue weighted by Gasteiger charge is -2.08. The molecule has 0 unspecified atom stereocenters. The van der Waals surface area contributed by atoms with Crippen molar-refractivity contribution in [2.45, 2.75) is 26.2 Å². The van der Waals surface area contributed by atoms with E-state index in [-0.39, 0.29) is 5.91 Å². The van der Waals surface area contributed by atoms with Crippen LogP contribution in [-0.4, -0.2) is 19.6 Å². The second kappa shape index (κ2) is 7.35. The summed E-state index contributed by atoms with van der Waals surface area (Å²) < 4.78 is 5.73. The number of hydrogen-bond acceptors (Lipinski definition) is 2. The number of anilines is 1. The molecule has 0 N–H and O–H groups in total. The van der Waals surface area contributed by atoms with Crippen molar-refractivity contribution < 1.29 is 9.53 Å². The van der Waals surface area contributed by atoms with Gasteiger partial charge in [0.05, 0.1) is 12.3 Å². The Hall–Kier alpha value is -2.55. The summed E-state index contributed by atoms with van der Waals surface area (Å²) in [5.41, 5.74) is 3.70. The minimum Gasteiger partial charge on any atom is -0.494 e. The molecule has 3 heteroatoms. The SMILES string of the molecule is CCCCCOc1ccc(/C=C2/C(=O)N(C)c3ccccc32)cc1. The lowest BCUT2D eigenvalue weighted by molar-refractivity contribution is -0.112. The molecule has 3 rings (SSSR count). The average Bonchev–Trinajstić information content (AvgIpc) is 2.85. The lowest BCUT2D eigenvalue weighted by atomic mass is 10.0. The van der Waals surface area contributed by atoms with Crippen LogP contribution in [0.5, 0.6) is 5.75 Å². The number of hydrogen-bond donors (Lipinski definition) is 0. The molecule has 2 aromatic carbocycles. The lowest BCUT2D eigenvalue weighted by Crippen LogP contribution is -2.20. The number of carbonyl (C=O) groups is 1. The van der Waals surface area contributed by atoms with Crippen LogP contribution >= 0.6 is 0 Å². The molecule has 2 aromatic rings. The molecular weight excluding hydrogens is 298 g/mol. The first-order chi connectivity index (χ1) is 11.7. The van der Waals surface area contributed by atoms with Gasteiger partial charge in [0, 0.05) is 18.2 Å². The third kappa shape index (κ3) is 3.35. The normalized spacial score (nSPS) is 15.0. The summed E-state index contributed by atoms with van der Waals surface area (Å²) in [4.78, 5) is 14.2. The number of unbranched alkanes of at least 4 members (excludes halogenated alkanes) is 2. The number of nitrogens with zero attached hydrogens (tertiary/aromatic N) is 1. The number of carbonyl (C=O) groups excluding carboxylic acids is 1. The maximum absolute atomic E-state index is 12.5. The maximum atomic E-state index is 12.5. The molecule has 1 heterocycles. The molecule has 0 bridgehead atoms. The van der Waals surface area contributed by atoms with Gasteiger partial charge in [-0.2, -0.15) is 0 Å². The molecule has 0 saturated heterocycles. The maximum Gasteiger partial charge on any atom is 0.258 e. The number of fused-ring (bicyclic) bond motifs is 1.